The molecule has 180 valence electrons. The van der Waals surface area contributed by atoms with Crippen molar-refractivity contribution in [3.05, 3.63) is 91.4 Å². The number of rotatable bonds is 4. The van der Waals surface area contributed by atoms with E-state index in [1.54, 1.807) is 24.3 Å². The lowest BCUT2D eigenvalue weighted by molar-refractivity contribution is 0.165. The first-order valence-corrected chi connectivity index (χ1v) is 12.4. The van der Waals surface area contributed by atoms with E-state index in [1.165, 1.54) is 16.7 Å². The number of fused-ring (bicyclic) bond motifs is 1. The van der Waals surface area contributed by atoms with Gasteiger partial charge < -0.3 is 5.32 Å². The zero-order valence-electron chi connectivity index (χ0n) is 18.9. The van der Waals surface area contributed by atoms with Crippen molar-refractivity contribution in [3.8, 4) is 17.1 Å². The van der Waals surface area contributed by atoms with Gasteiger partial charge in [0.05, 0.1) is 26.6 Å². The molecule has 0 radical (unpaired) electrons. The second kappa shape index (κ2) is 9.88. The molecule has 5 nitrogen and oxygen atoms in total. The summed E-state index contributed by atoms with van der Waals surface area (Å²) in [6, 6.07) is 15.1. The second-order valence-corrected chi connectivity index (χ2v) is 9.86. The van der Waals surface area contributed by atoms with Gasteiger partial charge >= 0.3 is 0 Å². The Morgan fingerprint density at radius 1 is 1.11 bits per heavy atom. The summed E-state index contributed by atoms with van der Waals surface area (Å²) < 4.78 is 15.8. The predicted molar refractivity (Wildman–Crippen MR) is 141 cm³/mol. The molecule has 2 heterocycles. The number of hydrogen-bond donors (Lipinski definition) is 1. The lowest BCUT2D eigenvalue weighted by atomic mass is 10.1. The highest BCUT2D eigenvalue weighted by atomic mass is 35.5. The number of nitrogens with one attached hydrogen (secondary N) is 1. The van der Waals surface area contributed by atoms with Crippen LogP contribution in [0.2, 0.25) is 15.1 Å². The Balaban J connectivity index is 1.72. The van der Waals surface area contributed by atoms with E-state index in [2.05, 4.69) is 17.1 Å². The Morgan fingerprint density at radius 2 is 1.94 bits per heavy atom. The van der Waals surface area contributed by atoms with Crippen molar-refractivity contribution >= 4 is 45.7 Å². The van der Waals surface area contributed by atoms with Crippen molar-refractivity contribution in [1.82, 2.24) is 19.8 Å². The van der Waals surface area contributed by atoms with E-state index in [0.29, 0.717) is 50.6 Å². The molecule has 0 amide bonds. The maximum atomic E-state index is 14.4. The highest BCUT2D eigenvalue weighted by Gasteiger charge is 2.22. The molecule has 0 spiro atoms. The highest BCUT2D eigenvalue weighted by molar-refractivity contribution is 6.34. The number of hydrogen-bond acceptors (Lipinski definition) is 4. The quantitative estimate of drug-likeness (QED) is 0.354. The first-order valence-electron chi connectivity index (χ1n) is 11.2. The van der Waals surface area contributed by atoms with Crippen molar-refractivity contribution in [1.29, 1.82) is 0 Å². The molecule has 0 saturated carbocycles. The Hall–Kier alpha value is -2.48. The maximum absolute atomic E-state index is 14.4. The molecule has 3 aromatic carbocycles. The fourth-order valence-corrected chi connectivity index (χ4v) is 4.97. The van der Waals surface area contributed by atoms with E-state index >= 15 is 0 Å². The molecule has 1 saturated heterocycles. The van der Waals surface area contributed by atoms with Crippen LogP contribution >= 0.6 is 34.8 Å². The summed E-state index contributed by atoms with van der Waals surface area (Å²) in [5.74, 6) is -0.336. The van der Waals surface area contributed by atoms with Crippen LogP contribution in [0.15, 0.2) is 59.4 Å². The number of nitrogens with zero attached hydrogens (tertiary/aromatic N) is 3. The third-order valence-corrected chi connectivity index (χ3v) is 7.31. The zero-order valence-corrected chi connectivity index (χ0v) is 21.1. The minimum atomic E-state index is -0.634. The number of piperazine rings is 1. The Labute approximate surface area is 217 Å². The van der Waals surface area contributed by atoms with Crippen LogP contribution < -0.4 is 10.9 Å². The fourth-order valence-electron chi connectivity index (χ4n) is 4.41. The molecule has 1 aliphatic rings. The van der Waals surface area contributed by atoms with Crippen LogP contribution in [0.5, 0.6) is 0 Å². The monoisotopic (exact) mass is 530 g/mol. The minimum Gasteiger partial charge on any atom is -0.314 e. The Bertz CT molecular complexity index is 1490. The predicted octanol–water partition coefficient (Wildman–Crippen LogP) is 5.95. The largest absolute Gasteiger partial charge is 0.314 e. The molecule has 0 bridgehead atoms. The van der Waals surface area contributed by atoms with Crippen LogP contribution in [0.3, 0.4) is 0 Å². The molecule has 1 N–H and O–H groups in total. The molecule has 1 unspecified atom stereocenters. The second-order valence-electron chi connectivity index (χ2n) is 8.64. The Morgan fingerprint density at radius 3 is 2.71 bits per heavy atom. The highest BCUT2D eigenvalue weighted by Crippen LogP contribution is 2.33. The van der Waals surface area contributed by atoms with Gasteiger partial charge in [-0.15, -0.1) is 0 Å². The lowest BCUT2D eigenvalue weighted by Gasteiger charge is -2.34. The van der Waals surface area contributed by atoms with Gasteiger partial charge in [0.1, 0.15) is 11.6 Å². The Kier molecular flexibility index (Phi) is 6.84. The molecule has 4 aromatic rings. The molecule has 9 heteroatoms. The minimum absolute atomic E-state index is 0.0333. The van der Waals surface area contributed by atoms with E-state index in [9.17, 15) is 9.18 Å². The van der Waals surface area contributed by atoms with Crippen molar-refractivity contribution in [2.75, 3.05) is 19.6 Å². The first kappa shape index (κ1) is 24.2. The van der Waals surface area contributed by atoms with Gasteiger partial charge in [0.2, 0.25) is 0 Å². The third kappa shape index (κ3) is 4.69. The summed E-state index contributed by atoms with van der Waals surface area (Å²) in [6.45, 7) is 5.56. The van der Waals surface area contributed by atoms with Gasteiger partial charge in [-0.1, -0.05) is 46.9 Å². The SMILES string of the molecule is CC1CNCCN1Cc1cccc(-c2nc3cc(Cl)ccc3c(=O)n2-c2ccc(Cl)c(F)c2)c1Cl. The van der Waals surface area contributed by atoms with Crippen molar-refractivity contribution in [2.45, 2.75) is 19.5 Å². The van der Waals surface area contributed by atoms with E-state index in [0.717, 1.165) is 25.2 Å². The molecule has 0 aliphatic carbocycles. The van der Waals surface area contributed by atoms with E-state index < -0.39 is 5.82 Å². The molecular weight excluding hydrogens is 510 g/mol. The number of halogens is 4. The first-order chi connectivity index (χ1) is 16.8. The molecule has 1 fully saturated rings. The van der Waals surface area contributed by atoms with Crippen LogP contribution in [-0.4, -0.2) is 40.1 Å². The summed E-state index contributed by atoms with van der Waals surface area (Å²) in [4.78, 5) is 20.8. The zero-order chi connectivity index (χ0) is 24.7. The van der Waals surface area contributed by atoms with Crippen molar-refractivity contribution < 1.29 is 4.39 Å². The molecular formula is C26H22Cl3FN4O. The summed E-state index contributed by atoms with van der Waals surface area (Å²) in [7, 11) is 0. The van der Waals surface area contributed by atoms with E-state index in [1.807, 2.05) is 18.2 Å². The standard InChI is InChI=1S/C26H22Cl3FN4O/c1-15-13-31-9-10-33(15)14-16-3-2-4-20(24(16)29)25-32-23-11-17(27)5-7-19(23)26(35)34(25)18-6-8-21(28)22(30)12-18/h2-8,11-12,15,31H,9-10,13-14H2,1H3. The fraction of sp³-hybridized carbons (Fsp3) is 0.231. The topological polar surface area (TPSA) is 50.2 Å². The van der Waals surface area contributed by atoms with E-state index in [4.69, 9.17) is 39.8 Å². The molecule has 35 heavy (non-hydrogen) atoms. The van der Waals surface area contributed by atoms with Crippen LogP contribution in [0, 0.1) is 5.82 Å². The van der Waals surface area contributed by atoms with Crippen molar-refractivity contribution in [2.24, 2.45) is 0 Å². The number of benzene rings is 3. The van der Waals surface area contributed by atoms with Gasteiger partial charge in [0, 0.05) is 42.8 Å². The average molecular weight is 532 g/mol. The van der Waals surface area contributed by atoms with Gasteiger partial charge in [0.15, 0.2) is 0 Å². The van der Waals surface area contributed by atoms with Gasteiger partial charge in [0.25, 0.3) is 5.56 Å². The molecule has 1 aliphatic heterocycles. The van der Waals surface area contributed by atoms with Gasteiger partial charge in [-0.3, -0.25) is 14.3 Å². The normalized spacial score (nSPS) is 16.7. The molecule has 5 rings (SSSR count). The molecule has 1 aromatic heterocycles. The summed E-state index contributed by atoms with van der Waals surface area (Å²) in [6.07, 6.45) is 0. The number of aromatic nitrogens is 2. The summed E-state index contributed by atoms with van der Waals surface area (Å²) >= 11 is 19.0. The summed E-state index contributed by atoms with van der Waals surface area (Å²) in [5, 5.41) is 4.67. The van der Waals surface area contributed by atoms with Crippen LogP contribution in [0.25, 0.3) is 28.0 Å². The van der Waals surface area contributed by atoms with Crippen LogP contribution in [0.4, 0.5) is 4.39 Å². The lowest BCUT2D eigenvalue weighted by Crippen LogP contribution is -2.49. The smallest absolute Gasteiger partial charge is 0.266 e. The van der Waals surface area contributed by atoms with E-state index in [-0.39, 0.29) is 10.6 Å². The van der Waals surface area contributed by atoms with Gasteiger partial charge in [-0.05, 0) is 55.0 Å². The van der Waals surface area contributed by atoms with Crippen molar-refractivity contribution in [3.63, 3.8) is 0 Å². The maximum Gasteiger partial charge on any atom is 0.266 e. The van der Waals surface area contributed by atoms with Crippen LogP contribution in [0.1, 0.15) is 12.5 Å². The van der Waals surface area contributed by atoms with Gasteiger partial charge in [-0.25, -0.2) is 9.37 Å². The average Bonchev–Trinajstić information content (AvgIpc) is 2.83. The van der Waals surface area contributed by atoms with Gasteiger partial charge in [-0.2, -0.15) is 0 Å². The summed E-state index contributed by atoms with van der Waals surface area (Å²) in [5.41, 5.74) is 1.86. The third-order valence-electron chi connectivity index (χ3n) is 6.32. The molecule has 1 atom stereocenters. The van der Waals surface area contributed by atoms with Crippen LogP contribution in [-0.2, 0) is 6.54 Å².